The summed E-state index contributed by atoms with van der Waals surface area (Å²) in [4.78, 5) is 16.4. The summed E-state index contributed by atoms with van der Waals surface area (Å²) in [6, 6.07) is 11.1. The number of amides is 1. The number of carbonyl (C=O) groups is 1. The van der Waals surface area contributed by atoms with Gasteiger partial charge in [0.2, 0.25) is 0 Å². The fourth-order valence-electron chi connectivity index (χ4n) is 2.18. The molecule has 1 N–H and O–H groups in total. The zero-order valence-corrected chi connectivity index (χ0v) is 12.1. The fourth-order valence-corrected chi connectivity index (χ4v) is 2.40. The number of rotatable bonds is 3. The molecule has 0 aliphatic heterocycles. The Morgan fingerprint density at radius 1 is 1.24 bits per heavy atom. The van der Waals surface area contributed by atoms with Crippen LogP contribution in [0.5, 0.6) is 0 Å². The standard InChI is InChI=1S/C16H13ClN2O2/c1-10-6-7-11(21-10)8-19-16(20)14-9-18-15(17)13-5-3-2-4-12(13)14/h2-7,9H,8H2,1H3,(H,19,20). The van der Waals surface area contributed by atoms with E-state index in [4.69, 9.17) is 16.0 Å². The first-order valence-electron chi connectivity index (χ1n) is 6.52. The van der Waals surface area contributed by atoms with Crippen molar-refractivity contribution in [1.82, 2.24) is 10.3 Å². The molecule has 3 rings (SSSR count). The van der Waals surface area contributed by atoms with Crippen molar-refractivity contribution in [3.05, 3.63) is 64.8 Å². The van der Waals surface area contributed by atoms with Gasteiger partial charge in [-0.15, -0.1) is 0 Å². The van der Waals surface area contributed by atoms with Crippen LogP contribution in [0.4, 0.5) is 0 Å². The minimum atomic E-state index is -0.204. The number of hydrogen-bond acceptors (Lipinski definition) is 3. The van der Waals surface area contributed by atoms with Crippen LogP contribution in [0.15, 0.2) is 47.0 Å². The van der Waals surface area contributed by atoms with Crippen molar-refractivity contribution in [2.45, 2.75) is 13.5 Å². The summed E-state index contributed by atoms with van der Waals surface area (Å²) < 4.78 is 5.42. The summed E-state index contributed by atoms with van der Waals surface area (Å²) in [6.45, 7) is 2.20. The van der Waals surface area contributed by atoms with Crippen molar-refractivity contribution >= 4 is 28.3 Å². The van der Waals surface area contributed by atoms with Crippen molar-refractivity contribution in [3.8, 4) is 0 Å². The molecule has 4 nitrogen and oxygen atoms in total. The molecule has 0 spiro atoms. The minimum absolute atomic E-state index is 0.204. The number of nitrogens with one attached hydrogen (secondary N) is 1. The van der Waals surface area contributed by atoms with E-state index in [0.29, 0.717) is 23.0 Å². The summed E-state index contributed by atoms with van der Waals surface area (Å²) in [7, 11) is 0. The summed E-state index contributed by atoms with van der Waals surface area (Å²) in [5.74, 6) is 1.33. The molecule has 0 saturated heterocycles. The van der Waals surface area contributed by atoms with Crippen LogP contribution < -0.4 is 5.32 Å². The Kier molecular flexibility index (Phi) is 3.62. The molecule has 0 atom stereocenters. The molecule has 0 aliphatic rings. The molecule has 0 fully saturated rings. The topological polar surface area (TPSA) is 55.1 Å². The largest absolute Gasteiger partial charge is 0.465 e. The van der Waals surface area contributed by atoms with Gasteiger partial charge in [-0.3, -0.25) is 4.79 Å². The van der Waals surface area contributed by atoms with Gasteiger partial charge in [0.25, 0.3) is 5.91 Å². The number of aromatic nitrogens is 1. The first kappa shape index (κ1) is 13.6. The van der Waals surface area contributed by atoms with Crippen LogP contribution >= 0.6 is 11.6 Å². The van der Waals surface area contributed by atoms with Crippen molar-refractivity contribution in [2.24, 2.45) is 0 Å². The molecule has 106 valence electrons. The smallest absolute Gasteiger partial charge is 0.253 e. The van der Waals surface area contributed by atoms with Gasteiger partial charge in [0, 0.05) is 11.6 Å². The Bertz CT molecular complexity index is 811. The lowest BCUT2D eigenvalue weighted by Gasteiger charge is -2.07. The normalized spacial score (nSPS) is 10.8. The van der Waals surface area contributed by atoms with Gasteiger partial charge in [-0.05, 0) is 24.4 Å². The predicted octanol–water partition coefficient (Wildman–Crippen LogP) is 3.72. The van der Waals surface area contributed by atoms with Crippen LogP contribution in [0.1, 0.15) is 21.9 Å². The number of carbonyl (C=O) groups excluding carboxylic acids is 1. The Labute approximate surface area is 126 Å². The van der Waals surface area contributed by atoms with Crippen molar-refractivity contribution in [2.75, 3.05) is 0 Å². The van der Waals surface area contributed by atoms with Crippen LogP contribution in [0, 0.1) is 6.92 Å². The summed E-state index contributed by atoms with van der Waals surface area (Å²) in [5.41, 5.74) is 0.498. The minimum Gasteiger partial charge on any atom is -0.465 e. The van der Waals surface area contributed by atoms with Crippen LogP contribution in [0.25, 0.3) is 10.8 Å². The molecular weight excluding hydrogens is 288 g/mol. The first-order valence-corrected chi connectivity index (χ1v) is 6.89. The number of pyridine rings is 1. The van der Waals surface area contributed by atoms with E-state index in [2.05, 4.69) is 10.3 Å². The van der Waals surface area contributed by atoms with E-state index in [1.807, 2.05) is 43.3 Å². The summed E-state index contributed by atoms with van der Waals surface area (Å²) >= 11 is 6.05. The van der Waals surface area contributed by atoms with E-state index in [-0.39, 0.29) is 5.91 Å². The Morgan fingerprint density at radius 2 is 2.00 bits per heavy atom. The lowest BCUT2D eigenvalue weighted by atomic mass is 10.1. The van der Waals surface area contributed by atoms with Gasteiger partial charge in [-0.25, -0.2) is 4.98 Å². The highest BCUT2D eigenvalue weighted by Gasteiger charge is 2.13. The Hall–Kier alpha value is -2.33. The Morgan fingerprint density at radius 3 is 2.71 bits per heavy atom. The van der Waals surface area contributed by atoms with Gasteiger partial charge in [-0.2, -0.15) is 0 Å². The number of benzene rings is 1. The number of furan rings is 1. The van der Waals surface area contributed by atoms with Gasteiger partial charge >= 0.3 is 0 Å². The average molecular weight is 301 g/mol. The van der Waals surface area contributed by atoms with Gasteiger partial charge < -0.3 is 9.73 Å². The molecule has 5 heteroatoms. The average Bonchev–Trinajstić information content (AvgIpc) is 2.91. The van der Waals surface area contributed by atoms with Crippen LogP contribution in [0.3, 0.4) is 0 Å². The summed E-state index contributed by atoms with van der Waals surface area (Å²) in [5, 5.41) is 4.76. The molecule has 0 bridgehead atoms. The second-order valence-corrected chi connectivity index (χ2v) is 5.06. The van der Waals surface area contributed by atoms with E-state index in [1.165, 1.54) is 6.20 Å². The van der Waals surface area contributed by atoms with Crippen LogP contribution in [0.2, 0.25) is 5.15 Å². The second kappa shape index (κ2) is 5.58. The third-order valence-electron chi connectivity index (χ3n) is 3.21. The van der Waals surface area contributed by atoms with Gasteiger partial charge in [0.1, 0.15) is 16.7 Å². The third kappa shape index (κ3) is 2.76. The molecule has 0 unspecified atom stereocenters. The Balaban J connectivity index is 1.86. The highest BCUT2D eigenvalue weighted by molar-refractivity contribution is 6.34. The molecule has 0 radical (unpaired) electrons. The molecule has 2 aromatic heterocycles. The predicted molar refractivity (Wildman–Crippen MR) is 81.4 cm³/mol. The lowest BCUT2D eigenvalue weighted by Crippen LogP contribution is -2.23. The molecule has 1 amide bonds. The number of hydrogen-bond donors (Lipinski definition) is 1. The molecule has 2 heterocycles. The number of halogens is 1. The number of aryl methyl sites for hydroxylation is 1. The van der Waals surface area contributed by atoms with E-state index in [9.17, 15) is 4.79 Å². The van der Waals surface area contributed by atoms with E-state index >= 15 is 0 Å². The van der Waals surface area contributed by atoms with Crippen molar-refractivity contribution in [1.29, 1.82) is 0 Å². The maximum atomic E-state index is 12.3. The maximum absolute atomic E-state index is 12.3. The quantitative estimate of drug-likeness (QED) is 0.750. The maximum Gasteiger partial charge on any atom is 0.253 e. The molecule has 0 aliphatic carbocycles. The van der Waals surface area contributed by atoms with Gasteiger partial charge in [0.15, 0.2) is 0 Å². The molecule has 0 saturated carbocycles. The van der Waals surface area contributed by atoms with E-state index in [1.54, 1.807) is 0 Å². The van der Waals surface area contributed by atoms with E-state index in [0.717, 1.165) is 16.5 Å². The highest BCUT2D eigenvalue weighted by Crippen LogP contribution is 2.24. The van der Waals surface area contributed by atoms with Gasteiger partial charge in [-0.1, -0.05) is 35.9 Å². The second-order valence-electron chi connectivity index (χ2n) is 4.70. The SMILES string of the molecule is Cc1ccc(CNC(=O)c2cnc(Cl)c3ccccc23)o1. The first-order chi connectivity index (χ1) is 10.1. The van der Waals surface area contributed by atoms with Gasteiger partial charge in [0.05, 0.1) is 12.1 Å². The zero-order chi connectivity index (χ0) is 14.8. The lowest BCUT2D eigenvalue weighted by molar-refractivity contribution is 0.0949. The van der Waals surface area contributed by atoms with Crippen LogP contribution in [-0.4, -0.2) is 10.9 Å². The molecule has 1 aromatic carbocycles. The highest BCUT2D eigenvalue weighted by atomic mass is 35.5. The monoisotopic (exact) mass is 300 g/mol. The van der Waals surface area contributed by atoms with Crippen LogP contribution in [-0.2, 0) is 6.54 Å². The fraction of sp³-hybridized carbons (Fsp3) is 0.125. The molecule has 21 heavy (non-hydrogen) atoms. The number of nitrogens with zero attached hydrogens (tertiary/aromatic N) is 1. The molecular formula is C16H13ClN2O2. The third-order valence-corrected chi connectivity index (χ3v) is 3.51. The van der Waals surface area contributed by atoms with Crippen molar-refractivity contribution in [3.63, 3.8) is 0 Å². The molecule has 3 aromatic rings. The van der Waals surface area contributed by atoms with E-state index < -0.39 is 0 Å². The summed E-state index contributed by atoms with van der Waals surface area (Å²) in [6.07, 6.45) is 1.49. The zero-order valence-electron chi connectivity index (χ0n) is 11.4. The van der Waals surface area contributed by atoms with Crippen molar-refractivity contribution < 1.29 is 9.21 Å². The number of fused-ring (bicyclic) bond motifs is 1.